The Kier molecular flexibility index (Phi) is 17.0. The molecule has 2 atom stereocenters. The minimum atomic E-state index is -0.761. The summed E-state index contributed by atoms with van der Waals surface area (Å²) >= 11 is 0. The fourth-order valence-electron chi connectivity index (χ4n) is 2.38. The molecule has 0 saturated carbocycles. The van der Waals surface area contributed by atoms with E-state index < -0.39 is 12.1 Å². The maximum Gasteiger partial charge on any atom is 0.303 e. The number of carboxylic acids is 1. The maximum absolute atomic E-state index is 10.4. The molecule has 4 heteroatoms. The van der Waals surface area contributed by atoms with E-state index in [0.29, 0.717) is 12.8 Å². The van der Waals surface area contributed by atoms with Gasteiger partial charge in [-0.2, -0.15) is 0 Å². The quantitative estimate of drug-likeness (QED) is 0.268. The highest BCUT2D eigenvalue weighted by molar-refractivity contribution is 5.66. The van der Waals surface area contributed by atoms with E-state index >= 15 is 0 Å². The van der Waals surface area contributed by atoms with Crippen molar-refractivity contribution in [1.82, 2.24) is 0 Å². The van der Waals surface area contributed by atoms with Crippen LogP contribution in [0.4, 0.5) is 0 Å². The molecule has 0 aliphatic heterocycles. The van der Waals surface area contributed by atoms with Gasteiger partial charge in [0.25, 0.3) is 0 Å². The zero-order valence-corrected chi connectivity index (χ0v) is 16.1. The molecule has 0 aliphatic carbocycles. The van der Waals surface area contributed by atoms with Crippen molar-refractivity contribution in [3.05, 3.63) is 48.6 Å². The Morgan fingerprint density at radius 3 is 1.85 bits per heavy atom. The molecule has 0 heterocycles. The van der Waals surface area contributed by atoms with Crippen molar-refractivity contribution in [3.63, 3.8) is 0 Å². The van der Waals surface area contributed by atoms with E-state index in [1.165, 1.54) is 12.8 Å². The highest BCUT2D eigenvalue weighted by Gasteiger charge is 2.00. The second-order valence-electron chi connectivity index (χ2n) is 6.49. The number of aliphatic hydroxyl groups is 2. The summed E-state index contributed by atoms with van der Waals surface area (Å²) in [5, 5.41) is 28.0. The summed E-state index contributed by atoms with van der Waals surface area (Å²) in [6.45, 7) is 2.15. The van der Waals surface area contributed by atoms with Crippen LogP contribution in [0.15, 0.2) is 48.6 Å². The zero-order chi connectivity index (χ0) is 19.5. The second kappa shape index (κ2) is 18.2. The molecule has 148 valence electrons. The van der Waals surface area contributed by atoms with Gasteiger partial charge < -0.3 is 15.3 Å². The average Bonchev–Trinajstić information content (AvgIpc) is 2.60. The number of unbranched alkanes of at least 4 members (excludes halogenated alkanes) is 4. The summed E-state index contributed by atoms with van der Waals surface area (Å²) < 4.78 is 0. The smallest absolute Gasteiger partial charge is 0.303 e. The monoisotopic (exact) mass is 364 g/mol. The summed E-state index contributed by atoms with van der Waals surface area (Å²) in [5.41, 5.74) is 0. The van der Waals surface area contributed by atoms with E-state index in [9.17, 15) is 15.0 Å². The maximum atomic E-state index is 10.4. The number of aliphatic carboxylic acids is 1. The molecular formula is C22H36O4. The number of carboxylic acid groups (broad SMARTS) is 1. The summed E-state index contributed by atoms with van der Waals surface area (Å²) in [5.74, 6) is -0.761. The Hall–Kier alpha value is -1.65. The van der Waals surface area contributed by atoms with Gasteiger partial charge in [-0.05, 0) is 25.7 Å². The van der Waals surface area contributed by atoms with Crippen molar-refractivity contribution in [3.8, 4) is 0 Å². The van der Waals surface area contributed by atoms with Crippen LogP contribution in [0.5, 0.6) is 0 Å². The van der Waals surface area contributed by atoms with Crippen molar-refractivity contribution in [2.45, 2.75) is 83.3 Å². The van der Waals surface area contributed by atoms with Crippen molar-refractivity contribution in [1.29, 1.82) is 0 Å². The molecule has 0 bridgehead atoms. The molecule has 0 radical (unpaired) electrons. The van der Waals surface area contributed by atoms with Gasteiger partial charge in [0.15, 0.2) is 0 Å². The molecule has 0 spiro atoms. The number of hydrogen-bond donors (Lipinski definition) is 3. The largest absolute Gasteiger partial charge is 0.481 e. The van der Waals surface area contributed by atoms with Gasteiger partial charge in [-0.3, -0.25) is 4.79 Å². The lowest BCUT2D eigenvalue weighted by Crippen LogP contribution is -2.01. The third-order valence-corrected chi connectivity index (χ3v) is 3.93. The predicted octanol–water partition coefficient (Wildman–Crippen LogP) is 4.94. The molecule has 26 heavy (non-hydrogen) atoms. The second-order valence-corrected chi connectivity index (χ2v) is 6.49. The standard InChI is InChI=1S/C22H36O4/c1-2-3-10-15-20(23)16-11-7-5-4-6-8-12-17-21(24)18-13-9-14-19-22(25)26/h5-8,11-12,16-17,20-21,23-24H,2-4,9-10,13-15,18-19H2,1H3,(H,25,26). The van der Waals surface area contributed by atoms with Gasteiger partial charge in [-0.25, -0.2) is 0 Å². The molecule has 4 nitrogen and oxygen atoms in total. The molecule has 0 aromatic carbocycles. The van der Waals surface area contributed by atoms with Crippen LogP contribution < -0.4 is 0 Å². The SMILES string of the molecule is CCCCCC(O)C=CC=CCC=CC=CC(O)CCCCCC(=O)O. The number of hydrogen-bond acceptors (Lipinski definition) is 3. The van der Waals surface area contributed by atoms with E-state index in [1.54, 1.807) is 6.08 Å². The van der Waals surface area contributed by atoms with Crippen LogP contribution in [-0.2, 0) is 4.79 Å². The molecular weight excluding hydrogens is 328 g/mol. The van der Waals surface area contributed by atoms with Crippen LogP contribution >= 0.6 is 0 Å². The van der Waals surface area contributed by atoms with Gasteiger partial charge in [-0.15, -0.1) is 0 Å². The van der Waals surface area contributed by atoms with Gasteiger partial charge in [0.2, 0.25) is 0 Å². The highest BCUT2D eigenvalue weighted by atomic mass is 16.4. The zero-order valence-electron chi connectivity index (χ0n) is 16.1. The first-order valence-corrected chi connectivity index (χ1v) is 9.80. The lowest BCUT2D eigenvalue weighted by Gasteiger charge is -2.03. The van der Waals surface area contributed by atoms with E-state index in [-0.39, 0.29) is 12.5 Å². The van der Waals surface area contributed by atoms with Crippen LogP contribution in [-0.4, -0.2) is 33.5 Å². The molecule has 0 amide bonds. The predicted molar refractivity (Wildman–Crippen MR) is 108 cm³/mol. The Morgan fingerprint density at radius 1 is 0.808 bits per heavy atom. The molecule has 0 fully saturated rings. The summed E-state index contributed by atoms with van der Waals surface area (Å²) in [7, 11) is 0. The average molecular weight is 365 g/mol. The number of rotatable bonds is 16. The fraction of sp³-hybridized carbons (Fsp3) is 0.591. The van der Waals surface area contributed by atoms with Crippen molar-refractivity contribution in [2.75, 3.05) is 0 Å². The molecule has 3 N–H and O–H groups in total. The number of carbonyl (C=O) groups is 1. The minimum absolute atomic E-state index is 0.204. The van der Waals surface area contributed by atoms with Crippen LogP contribution in [0.3, 0.4) is 0 Å². The van der Waals surface area contributed by atoms with E-state index in [0.717, 1.165) is 32.1 Å². The van der Waals surface area contributed by atoms with Gasteiger partial charge in [0.05, 0.1) is 12.2 Å². The molecule has 0 aromatic rings. The molecule has 2 unspecified atom stereocenters. The first-order chi connectivity index (χ1) is 12.6. The Labute approximate surface area is 158 Å². The van der Waals surface area contributed by atoms with Gasteiger partial charge in [0, 0.05) is 6.42 Å². The Balaban J connectivity index is 3.71. The van der Waals surface area contributed by atoms with Crippen LogP contribution in [0.1, 0.15) is 71.1 Å². The van der Waals surface area contributed by atoms with Crippen LogP contribution in [0.25, 0.3) is 0 Å². The lowest BCUT2D eigenvalue weighted by atomic mass is 10.1. The van der Waals surface area contributed by atoms with E-state index in [2.05, 4.69) is 6.92 Å². The third-order valence-electron chi connectivity index (χ3n) is 3.93. The molecule has 0 rings (SSSR count). The van der Waals surface area contributed by atoms with Gasteiger partial charge in [0.1, 0.15) is 0 Å². The van der Waals surface area contributed by atoms with Crippen molar-refractivity contribution >= 4 is 5.97 Å². The number of allylic oxidation sites excluding steroid dienone is 6. The van der Waals surface area contributed by atoms with Crippen LogP contribution in [0.2, 0.25) is 0 Å². The van der Waals surface area contributed by atoms with E-state index in [1.807, 2.05) is 42.5 Å². The normalized spacial score (nSPS) is 14.9. The van der Waals surface area contributed by atoms with Crippen molar-refractivity contribution < 1.29 is 20.1 Å². The first kappa shape index (κ1) is 24.4. The highest BCUT2D eigenvalue weighted by Crippen LogP contribution is 2.07. The fourth-order valence-corrected chi connectivity index (χ4v) is 2.38. The van der Waals surface area contributed by atoms with E-state index in [4.69, 9.17) is 5.11 Å². The Morgan fingerprint density at radius 2 is 1.35 bits per heavy atom. The van der Waals surface area contributed by atoms with Crippen molar-refractivity contribution in [2.24, 2.45) is 0 Å². The van der Waals surface area contributed by atoms with Gasteiger partial charge >= 0.3 is 5.97 Å². The first-order valence-electron chi connectivity index (χ1n) is 9.80. The molecule has 0 aliphatic rings. The topological polar surface area (TPSA) is 77.8 Å². The third kappa shape index (κ3) is 18.7. The Bertz CT molecular complexity index is 449. The summed E-state index contributed by atoms with van der Waals surface area (Å²) in [6.07, 6.45) is 22.5. The summed E-state index contributed by atoms with van der Waals surface area (Å²) in [6, 6.07) is 0. The van der Waals surface area contributed by atoms with Crippen LogP contribution in [0, 0.1) is 0 Å². The number of aliphatic hydroxyl groups excluding tert-OH is 2. The molecule has 0 saturated heterocycles. The van der Waals surface area contributed by atoms with Gasteiger partial charge in [-0.1, -0.05) is 87.6 Å². The summed E-state index contributed by atoms with van der Waals surface area (Å²) in [4.78, 5) is 10.4. The minimum Gasteiger partial charge on any atom is -0.481 e. The lowest BCUT2D eigenvalue weighted by molar-refractivity contribution is -0.137. The molecule has 0 aromatic heterocycles.